The molecule has 0 unspecified atom stereocenters. The molecule has 19 heavy (non-hydrogen) atoms. The number of rotatable bonds is 8. The molecule has 0 aliphatic carbocycles. The van der Waals surface area contributed by atoms with Gasteiger partial charge in [0.05, 0.1) is 31.0 Å². The number of carbonyl (C=O) groups is 1. The Labute approximate surface area is 114 Å². The van der Waals surface area contributed by atoms with Gasteiger partial charge in [-0.2, -0.15) is 0 Å². The second-order valence-electron chi connectivity index (χ2n) is 4.19. The van der Waals surface area contributed by atoms with Gasteiger partial charge in [0, 0.05) is 13.2 Å². The van der Waals surface area contributed by atoms with Gasteiger partial charge in [-0.05, 0) is 18.6 Å². The van der Waals surface area contributed by atoms with Crippen molar-refractivity contribution in [2.75, 3.05) is 37.0 Å². The summed E-state index contributed by atoms with van der Waals surface area (Å²) < 4.78 is 5.31. The minimum absolute atomic E-state index is 0.0944. The van der Waals surface area contributed by atoms with Crippen LogP contribution in [0.1, 0.15) is 19.8 Å². The van der Waals surface area contributed by atoms with Gasteiger partial charge in [0.1, 0.15) is 0 Å². The fourth-order valence-electron chi connectivity index (χ4n) is 1.75. The molecular formula is C14H22N2O3. The highest BCUT2D eigenvalue weighted by Crippen LogP contribution is 2.22. The molecule has 0 aliphatic heterocycles. The zero-order valence-electron chi connectivity index (χ0n) is 11.3. The Bertz CT molecular complexity index is 396. The minimum atomic E-state index is -0.101. The highest BCUT2D eigenvalue weighted by Gasteiger charge is 2.16. The molecule has 1 aromatic carbocycles. The number of amides is 1. The molecule has 3 N–H and O–H groups in total. The molecule has 0 aliphatic rings. The van der Waals surface area contributed by atoms with Crippen molar-refractivity contribution in [1.29, 1.82) is 0 Å². The smallest absolute Gasteiger partial charge is 0.229 e. The molecule has 1 rings (SSSR count). The lowest BCUT2D eigenvalue weighted by atomic mass is 10.2. The topological polar surface area (TPSA) is 75.8 Å². The van der Waals surface area contributed by atoms with Crippen LogP contribution in [0.3, 0.4) is 0 Å². The summed E-state index contributed by atoms with van der Waals surface area (Å²) in [5.74, 6) is -0.0944. The summed E-state index contributed by atoms with van der Waals surface area (Å²) in [6.07, 6.45) is 1.22. The summed E-state index contributed by atoms with van der Waals surface area (Å²) in [5.41, 5.74) is 7.02. The highest BCUT2D eigenvalue weighted by molar-refractivity contribution is 5.96. The van der Waals surface area contributed by atoms with Crippen LogP contribution >= 0.6 is 0 Å². The number of aliphatic hydroxyl groups is 1. The average molecular weight is 266 g/mol. The predicted molar refractivity (Wildman–Crippen MR) is 76.0 cm³/mol. The first kappa shape index (κ1) is 15.5. The number of para-hydroxylation sites is 2. The van der Waals surface area contributed by atoms with Crippen molar-refractivity contribution in [3.05, 3.63) is 24.3 Å². The number of ether oxygens (including phenoxy) is 1. The maximum atomic E-state index is 12.1. The van der Waals surface area contributed by atoms with E-state index in [2.05, 4.69) is 0 Å². The van der Waals surface area contributed by atoms with E-state index < -0.39 is 0 Å². The Kier molecular flexibility index (Phi) is 6.92. The largest absolute Gasteiger partial charge is 0.397 e. The lowest BCUT2D eigenvalue weighted by Crippen LogP contribution is -2.34. The lowest BCUT2D eigenvalue weighted by Gasteiger charge is -2.23. The molecular weight excluding hydrogens is 244 g/mol. The first-order valence-electron chi connectivity index (χ1n) is 6.54. The number of hydrogen-bond acceptors (Lipinski definition) is 4. The quantitative estimate of drug-likeness (QED) is 0.551. The molecule has 0 bridgehead atoms. The van der Waals surface area contributed by atoms with E-state index in [1.54, 1.807) is 12.1 Å². The van der Waals surface area contributed by atoms with E-state index in [1.807, 2.05) is 19.1 Å². The molecule has 0 heterocycles. The molecule has 1 amide bonds. The molecule has 0 fully saturated rings. The van der Waals surface area contributed by atoms with Crippen LogP contribution in [0.5, 0.6) is 0 Å². The second kappa shape index (κ2) is 8.50. The van der Waals surface area contributed by atoms with Crippen molar-refractivity contribution in [2.24, 2.45) is 0 Å². The standard InChI is InChI=1S/C14H22N2O3/c1-2-10-19-11-7-14(18)16(8-9-17)13-6-4-3-5-12(13)15/h3-6,17H,2,7-11,15H2,1H3. The number of hydrogen-bond donors (Lipinski definition) is 2. The van der Waals surface area contributed by atoms with Gasteiger partial charge in [0.15, 0.2) is 0 Å². The first-order valence-corrected chi connectivity index (χ1v) is 6.54. The van der Waals surface area contributed by atoms with Gasteiger partial charge >= 0.3 is 0 Å². The van der Waals surface area contributed by atoms with Crippen LogP contribution in [0.25, 0.3) is 0 Å². The zero-order valence-corrected chi connectivity index (χ0v) is 11.3. The van der Waals surface area contributed by atoms with E-state index in [9.17, 15) is 4.79 Å². The van der Waals surface area contributed by atoms with Crippen molar-refractivity contribution in [1.82, 2.24) is 0 Å². The summed E-state index contributed by atoms with van der Waals surface area (Å²) in [5, 5.41) is 9.08. The Hall–Kier alpha value is -1.59. The third kappa shape index (κ3) is 4.89. The van der Waals surface area contributed by atoms with Gasteiger partial charge in [-0.1, -0.05) is 19.1 Å². The number of benzene rings is 1. The summed E-state index contributed by atoms with van der Waals surface area (Å²) in [6.45, 7) is 3.20. The fraction of sp³-hybridized carbons (Fsp3) is 0.500. The van der Waals surface area contributed by atoms with E-state index in [4.69, 9.17) is 15.6 Å². The van der Waals surface area contributed by atoms with Gasteiger partial charge in [-0.3, -0.25) is 4.79 Å². The SMILES string of the molecule is CCCOCCC(=O)N(CCO)c1ccccc1N. The van der Waals surface area contributed by atoms with Crippen LogP contribution in [-0.4, -0.2) is 37.4 Å². The number of nitrogen functional groups attached to an aromatic ring is 1. The number of nitrogens with zero attached hydrogens (tertiary/aromatic N) is 1. The highest BCUT2D eigenvalue weighted by atomic mass is 16.5. The molecule has 0 spiro atoms. The lowest BCUT2D eigenvalue weighted by molar-refractivity contribution is -0.119. The zero-order chi connectivity index (χ0) is 14.1. The summed E-state index contributed by atoms with van der Waals surface area (Å²) in [7, 11) is 0. The van der Waals surface area contributed by atoms with Crippen molar-refractivity contribution in [3.63, 3.8) is 0 Å². The molecule has 5 heteroatoms. The molecule has 0 aromatic heterocycles. The van der Waals surface area contributed by atoms with Crippen LogP contribution in [-0.2, 0) is 9.53 Å². The van der Waals surface area contributed by atoms with E-state index in [0.717, 1.165) is 6.42 Å². The molecule has 0 saturated carbocycles. The Morgan fingerprint density at radius 2 is 2.11 bits per heavy atom. The van der Waals surface area contributed by atoms with Crippen molar-refractivity contribution >= 4 is 17.3 Å². The van der Waals surface area contributed by atoms with E-state index in [0.29, 0.717) is 24.6 Å². The van der Waals surface area contributed by atoms with Crippen LogP contribution in [0.15, 0.2) is 24.3 Å². The van der Waals surface area contributed by atoms with Crippen molar-refractivity contribution in [2.45, 2.75) is 19.8 Å². The maximum absolute atomic E-state index is 12.1. The normalized spacial score (nSPS) is 10.4. The van der Waals surface area contributed by atoms with Gasteiger partial charge in [-0.25, -0.2) is 0 Å². The molecule has 0 radical (unpaired) electrons. The van der Waals surface area contributed by atoms with Crippen LogP contribution in [0.4, 0.5) is 11.4 Å². The molecule has 0 saturated heterocycles. The third-order valence-electron chi connectivity index (χ3n) is 2.66. The second-order valence-corrected chi connectivity index (χ2v) is 4.19. The van der Waals surface area contributed by atoms with Crippen molar-refractivity contribution < 1.29 is 14.6 Å². The Morgan fingerprint density at radius 3 is 2.74 bits per heavy atom. The number of anilines is 2. The van der Waals surface area contributed by atoms with Gasteiger partial charge < -0.3 is 20.5 Å². The van der Waals surface area contributed by atoms with Crippen LogP contribution < -0.4 is 10.6 Å². The third-order valence-corrected chi connectivity index (χ3v) is 2.66. The molecule has 1 aromatic rings. The molecule has 106 valence electrons. The molecule has 5 nitrogen and oxygen atoms in total. The summed E-state index contributed by atoms with van der Waals surface area (Å²) >= 11 is 0. The van der Waals surface area contributed by atoms with E-state index in [1.165, 1.54) is 4.90 Å². The Balaban J connectivity index is 2.66. The van der Waals surface area contributed by atoms with Crippen LogP contribution in [0, 0.1) is 0 Å². The number of aliphatic hydroxyl groups excluding tert-OH is 1. The minimum Gasteiger partial charge on any atom is -0.397 e. The Morgan fingerprint density at radius 1 is 1.37 bits per heavy atom. The first-order chi connectivity index (χ1) is 9.20. The maximum Gasteiger partial charge on any atom is 0.229 e. The van der Waals surface area contributed by atoms with Gasteiger partial charge in [0.2, 0.25) is 5.91 Å². The average Bonchev–Trinajstić information content (AvgIpc) is 2.42. The van der Waals surface area contributed by atoms with Crippen LogP contribution in [0.2, 0.25) is 0 Å². The fourth-order valence-corrected chi connectivity index (χ4v) is 1.75. The van der Waals surface area contributed by atoms with E-state index in [-0.39, 0.29) is 25.5 Å². The van der Waals surface area contributed by atoms with Gasteiger partial charge in [-0.15, -0.1) is 0 Å². The number of carbonyl (C=O) groups excluding carboxylic acids is 1. The van der Waals surface area contributed by atoms with Gasteiger partial charge in [0.25, 0.3) is 0 Å². The summed E-state index contributed by atoms with van der Waals surface area (Å²) in [4.78, 5) is 13.6. The monoisotopic (exact) mass is 266 g/mol. The van der Waals surface area contributed by atoms with E-state index >= 15 is 0 Å². The molecule has 0 atom stereocenters. The summed E-state index contributed by atoms with van der Waals surface area (Å²) in [6, 6.07) is 7.14. The number of nitrogens with two attached hydrogens (primary N) is 1. The predicted octanol–water partition coefficient (Wildman–Crippen LogP) is 1.41. The van der Waals surface area contributed by atoms with Crippen molar-refractivity contribution in [3.8, 4) is 0 Å².